The van der Waals surface area contributed by atoms with Gasteiger partial charge in [0.25, 0.3) is 0 Å². The molecule has 1 aliphatic heterocycles. The standard InChI is InChI=1S/C21H23N3O5/c1-26-21(25)20-19(28-14-16-10-6-3-7-11-16)18(17(29-20)12-23-24-22)27-13-15-8-4-2-5-9-15/h2-11,17-20H,12-14H2,1H3/t17-,18+,19-,20-/m0/s1. The normalized spacial score (nSPS) is 23.3. The predicted molar refractivity (Wildman–Crippen MR) is 105 cm³/mol. The molecule has 0 bridgehead atoms. The molecule has 0 aliphatic carbocycles. The molecule has 1 aliphatic rings. The Morgan fingerprint density at radius 1 is 1.00 bits per heavy atom. The van der Waals surface area contributed by atoms with E-state index < -0.39 is 30.4 Å². The third-order valence-electron chi connectivity index (χ3n) is 4.64. The van der Waals surface area contributed by atoms with Crippen molar-refractivity contribution in [2.75, 3.05) is 13.7 Å². The number of hydrogen-bond acceptors (Lipinski definition) is 6. The molecule has 1 fully saturated rings. The molecular weight excluding hydrogens is 374 g/mol. The van der Waals surface area contributed by atoms with Crippen LogP contribution in [0.1, 0.15) is 11.1 Å². The second-order valence-electron chi connectivity index (χ2n) is 6.55. The van der Waals surface area contributed by atoms with Gasteiger partial charge < -0.3 is 18.9 Å². The summed E-state index contributed by atoms with van der Waals surface area (Å²) in [5.41, 5.74) is 10.6. The van der Waals surface area contributed by atoms with E-state index in [1.165, 1.54) is 7.11 Å². The van der Waals surface area contributed by atoms with Gasteiger partial charge in [-0.05, 0) is 16.7 Å². The first kappa shape index (κ1) is 20.8. The SMILES string of the molecule is COC(=O)[C@H]1O[C@@H](CN=[N+]=[N-])[C@@H](OCc2ccccc2)[C@@H]1OCc1ccccc1. The van der Waals surface area contributed by atoms with Crippen LogP contribution in [0.3, 0.4) is 0 Å². The summed E-state index contributed by atoms with van der Waals surface area (Å²) in [6, 6.07) is 19.2. The molecule has 4 atom stereocenters. The van der Waals surface area contributed by atoms with Crippen molar-refractivity contribution in [3.05, 3.63) is 82.2 Å². The van der Waals surface area contributed by atoms with Crippen LogP contribution in [0, 0.1) is 0 Å². The smallest absolute Gasteiger partial charge is 0.337 e. The lowest BCUT2D eigenvalue weighted by Crippen LogP contribution is -2.41. The van der Waals surface area contributed by atoms with E-state index in [1.807, 2.05) is 60.7 Å². The van der Waals surface area contributed by atoms with Crippen LogP contribution in [0.5, 0.6) is 0 Å². The highest BCUT2D eigenvalue weighted by atomic mass is 16.6. The van der Waals surface area contributed by atoms with Gasteiger partial charge in [0.15, 0.2) is 6.10 Å². The summed E-state index contributed by atoms with van der Waals surface area (Å²) in [5, 5.41) is 3.60. The molecule has 2 aromatic rings. The second-order valence-corrected chi connectivity index (χ2v) is 6.55. The van der Waals surface area contributed by atoms with E-state index in [2.05, 4.69) is 10.0 Å². The number of esters is 1. The molecular formula is C21H23N3O5. The van der Waals surface area contributed by atoms with Crippen molar-refractivity contribution in [2.24, 2.45) is 5.11 Å². The van der Waals surface area contributed by atoms with Crippen molar-refractivity contribution < 1.29 is 23.7 Å². The number of methoxy groups -OCH3 is 1. The molecule has 152 valence electrons. The number of nitrogens with zero attached hydrogens (tertiary/aromatic N) is 3. The number of benzene rings is 2. The summed E-state index contributed by atoms with van der Waals surface area (Å²) in [6.45, 7) is 0.608. The largest absolute Gasteiger partial charge is 0.467 e. The highest BCUT2D eigenvalue weighted by molar-refractivity contribution is 5.76. The number of rotatable bonds is 9. The van der Waals surface area contributed by atoms with Crippen molar-refractivity contribution in [2.45, 2.75) is 37.6 Å². The zero-order chi connectivity index (χ0) is 20.5. The Morgan fingerprint density at radius 2 is 1.55 bits per heavy atom. The van der Waals surface area contributed by atoms with Crippen LogP contribution in [0.4, 0.5) is 0 Å². The van der Waals surface area contributed by atoms with Crippen molar-refractivity contribution >= 4 is 5.97 Å². The van der Waals surface area contributed by atoms with Crippen LogP contribution in [0.15, 0.2) is 65.8 Å². The monoisotopic (exact) mass is 397 g/mol. The van der Waals surface area contributed by atoms with Crippen LogP contribution >= 0.6 is 0 Å². The maximum atomic E-state index is 12.3. The fourth-order valence-electron chi connectivity index (χ4n) is 3.21. The molecule has 0 aromatic heterocycles. The molecule has 0 radical (unpaired) electrons. The zero-order valence-corrected chi connectivity index (χ0v) is 16.1. The van der Waals surface area contributed by atoms with Crippen molar-refractivity contribution in [1.29, 1.82) is 0 Å². The minimum atomic E-state index is -0.969. The molecule has 1 saturated heterocycles. The molecule has 2 aromatic carbocycles. The second kappa shape index (κ2) is 10.6. The summed E-state index contributed by atoms with van der Waals surface area (Å²) in [5.74, 6) is -0.556. The number of ether oxygens (including phenoxy) is 4. The van der Waals surface area contributed by atoms with Crippen LogP contribution in [-0.4, -0.2) is 44.0 Å². The van der Waals surface area contributed by atoms with E-state index in [9.17, 15) is 4.79 Å². The molecule has 29 heavy (non-hydrogen) atoms. The molecule has 3 rings (SSSR count). The number of carbonyl (C=O) groups is 1. The van der Waals surface area contributed by atoms with Crippen molar-refractivity contribution in [3.63, 3.8) is 0 Å². The van der Waals surface area contributed by atoms with Gasteiger partial charge in [0.2, 0.25) is 0 Å². The van der Waals surface area contributed by atoms with Gasteiger partial charge in [-0.25, -0.2) is 4.79 Å². The van der Waals surface area contributed by atoms with Gasteiger partial charge in [-0.3, -0.25) is 0 Å². The molecule has 0 spiro atoms. The van der Waals surface area contributed by atoms with Gasteiger partial charge in [0.05, 0.1) is 33.0 Å². The first-order chi connectivity index (χ1) is 14.2. The Labute approximate surface area is 169 Å². The number of hydrogen-bond donors (Lipinski definition) is 0. The number of azide groups is 1. The molecule has 0 N–H and O–H groups in total. The van der Waals surface area contributed by atoms with Gasteiger partial charge in [0.1, 0.15) is 12.2 Å². The summed E-state index contributed by atoms with van der Waals surface area (Å²) < 4.78 is 22.8. The molecule has 0 amide bonds. The van der Waals surface area contributed by atoms with E-state index >= 15 is 0 Å². The lowest BCUT2D eigenvalue weighted by Gasteiger charge is -2.24. The fraction of sp³-hybridized carbons (Fsp3) is 0.381. The van der Waals surface area contributed by atoms with Crippen molar-refractivity contribution in [3.8, 4) is 0 Å². The first-order valence-corrected chi connectivity index (χ1v) is 9.28. The van der Waals surface area contributed by atoms with E-state index in [4.69, 9.17) is 24.5 Å². The minimum absolute atomic E-state index is 0.0225. The summed E-state index contributed by atoms with van der Waals surface area (Å²) >= 11 is 0. The Bertz CT molecular complexity index is 827. The van der Waals surface area contributed by atoms with Crippen LogP contribution < -0.4 is 0 Å². The summed E-state index contributed by atoms with van der Waals surface area (Å²) in [6.07, 6.45) is -2.90. The summed E-state index contributed by atoms with van der Waals surface area (Å²) in [4.78, 5) is 15.1. The molecule has 0 unspecified atom stereocenters. The average Bonchev–Trinajstić information content (AvgIpc) is 3.13. The first-order valence-electron chi connectivity index (χ1n) is 9.28. The number of carbonyl (C=O) groups excluding carboxylic acids is 1. The topological polar surface area (TPSA) is 103 Å². The van der Waals surface area contributed by atoms with Gasteiger partial charge in [-0.2, -0.15) is 0 Å². The van der Waals surface area contributed by atoms with Crippen LogP contribution in [0.25, 0.3) is 10.4 Å². The lowest BCUT2D eigenvalue weighted by molar-refractivity contribution is -0.159. The van der Waals surface area contributed by atoms with E-state index in [-0.39, 0.29) is 13.2 Å². The Morgan fingerprint density at radius 3 is 2.07 bits per heavy atom. The Balaban J connectivity index is 1.78. The zero-order valence-electron chi connectivity index (χ0n) is 16.1. The van der Waals surface area contributed by atoms with E-state index in [0.29, 0.717) is 6.61 Å². The Hall–Kier alpha value is -2.90. The molecule has 8 nitrogen and oxygen atoms in total. The molecule has 8 heteroatoms. The highest BCUT2D eigenvalue weighted by Gasteiger charge is 2.49. The van der Waals surface area contributed by atoms with E-state index in [0.717, 1.165) is 11.1 Å². The maximum absolute atomic E-state index is 12.3. The van der Waals surface area contributed by atoms with Gasteiger partial charge in [-0.15, -0.1) is 0 Å². The Kier molecular flexibility index (Phi) is 7.61. The molecule has 1 heterocycles. The van der Waals surface area contributed by atoms with Crippen LogP contribution in [-0.2, 0) is 37.0 Å². The highest BCUT2D eigenvalue weighted by Crippen LogP contribution is 2.29. The minimum Gasteiger partial charge on any atom is -0.467 e. The average molecular weight is 397 g/mol. The third-order valence-corrected chi connectivity index (χ3v) is 4.64. The third kappa shape index (κ3) is 5.56. The molecule has 0 saturated carbocycles. The van der Waals surface area contributed by atoms with Crippen LogP contribution in [0.2, 0.25) is 0 Å². The van der Waals surface area contributed by atoms with Gasteiger partial charge in [0, 0.05) is 4.91 Å². The summed E-state index contributed by atoms with van der Waals surface area (Å²) in [7, 11) is 1.29. The lowest BCUT2D eigenvalue weighted by atomic mass is 10.1. The quantitative estimate of drug-likeness (QED) is 0.279. The van der Waals surface area contributed by atoms with E-state index in [1.54, 1.807) is 0 Å². The van der Waals surface area contributed by atoms with Crippen molar-refractivity contribution in [1.82, 2.24) is 0 Å². The predicted octanol–water partition coefficient (Wildman–Crippen LogP) is 3.41. The maximum Gasteiger partial charge on any atom is 0.337 e. The van der Waals surface area contributed by atoms with Gasteiger partial charge in [-0.1, -0.05) is 65.8 Å². The van der Waals surface area contributed by atoms with Gasteiger partial charge >= 0.3 is 5.97 Å². The fourth-order valence-corrected chi connectivity index (χ4v) is 3.21.